The van der Waals surface area contributed by atoms with Crippen LogP contribution in [0, 0.1) is 5.41 Å². The summed E-state index contributed by atoms with van der Waals surface area (Å²) >= 11 is 0. The SMILES string of the molecule is CCC(CC)(OC(=O)COc1cccc([S+](c2ccccc2)c2ccccc2)c1)C(C)(C)C. The summed E-state index contributed by atoms with van der Waals surface area (Å²) in [4.78, 5) is 16.3. The molecule has 0 aromatic heterocycles. The number of ether oxygens (including phenoxy) is 2. The van der Waals surface area contributed by atoms with Gasteiger partial charge in [0.2, 0.25) is 0 Å². The Balaban J connectivity index is 1.79. The van der Waals surface area contributed by atoms with Crippen molar-refractivity contribution in [1.82, 2.24) is 0 Å². The van der Waals surface area contributed by atoms with E-state index in [2.05, 4.69) is 89.2 Å². The zero-order valence-electron chi connectivity index (χ0n) is 20.3. The van der Waals surface area contributed by atoms with E-state index < -0.39 is 5.60 Å². The lowest BCUT2D eigenvalue weighted by atomic mass is 9.73. The van der Waals surface area contributed by atoms with Gasteiger partial charge in [0.05, 0.1) is 10.9 Å². The third-order valence-electron chi connectivity index (χ3n) is 6.17. The van der Waals surface area contributed by atoms with Gasteiger partial charge in [0.15, 0.2) is 21.3 Å². The van der Waals surface area contributed by atoms with Crippen LogP contribution in [0.15, 0.2) is 99.6 Å². The Morgan fingerprint density at radius 1 is 0.758 bits per heavy atom. The summed E-state index contributed by atoms with van der Waals surface area (Å²) in [6.45, 7) is 10.4. The van der Waals surface area contributed by atoms with Crippen molar-refractivity contribution in [3.05, 3.63) is 84.9 Å². The Hall–Kier alpha value is -2.72. The molecule has 0 atom stereocenters. The van der Waals surface area contributed by atoms with Crippen LogP contribution in [0.3, 0.4) is 0 Å². The molecule has 33 heavy (non-hydrogen) atoms. The van der Waals surface area contributed by atoms with Gasteiger partial charge in [-0.1, -0.05) is 77.1 Å². The number of carbonyl (C=O) groups excluding carboxylic acids is 1. The van der Waals surface area contributed by atoms with Gasteiger partial charge in [0.1, 0.15) is 11.4 Å². The van der Waals surface area contributed by atoms with Crippen LogP contribution < -0.4 is 4.74 Å². The molecule has 0 saturated carbocycles. The van der Waals surface area contributed by atoms with Gasteiger partial charge in [0, 0.05) is 11.5 Å². The van der Waals surface area contributed by atoms with Crippen LogP contribution in [-0.4, -0.2) is 18.2 Å². The van der Waals surface area contributed by atoms with Gasteiger partial charge in [-0.2, -0.15) is 0 Å². The standard InChI is InChI=1S/C29H35O3S/c1-6-29(7-2,28(3,4)5)32-27(30)22-31-23-15-14-20-26(21-23)33(24-16-10-8-11-17-24)25-18-12-9-13-19-25/h8-21H,6-7,22H2,1-5H3/q+1. The second-order valence-corrected chi connectivity index (χ2v) is 11.1. The molecule has 0 aliphatic heterocycles. The number of benzene rings is 3. The smallest absolute Gasteiger partial charge is 0.344 e. The minimum atomic E-state index is -0.498. The summed E-state index contributed by atoms with van der Waals surface area (Å²) in [5.74, 6) is 0.340. The van der Waals surface area contributed by atoms with Crippen molar-refractivity contribution in [1.29, 1.82) is 0 Å². The predicted molar refractivity (Wildman–Crippen MR) is 136 cm³/mol. The van der Waals surface area contributed by atoms with Crippen LogP contribution in [0.5, 0.6) is 5.75 Å². The minimum absolute atomic E-state index is 0.105. The molecule has 0 amide bonds. The normalized spacial score (nSPS) is 11.9. The Morgan fingerprint density at radius 2 is 1.27 bits per heavy atom. The van der Waals surface area contributed by atoms with Crippen molar-refractivity contribution in [3.63, 3.8) is 0 Å². The first-order valence-electron chi connectivity index (χ1n) is 11.6. The molecule has 0 aliphatic carbocycles. The molecule has 0 bridgehead atoms. The van der Waals surface area contributed by atoms with Crippen molar-refractivity contribution in [2.45, 2.75) is 67.7 Å². The summed E-state index contributed by atoms with van der Waals surface area (Å²) in [5.41, 5.74) is -0.645. The molecule has 4 heteroatoms. The average Bonchev–Trinajstić information content (AvgIpc) is 2.82. The monoisotopic (exact) mass is 463 g/mol. The van der Waals surface area contributed by atoms with E-state index in [0.717, 1.165) is 17.7 Å². The molecular formula is C29H35O3S+. The molecule has 0 fully saturated rings. The molecule has 3 aromatic carbocycles. The van der Waals surface area contributed by atoms with Crippen LogP contribution in [-0.2, 0) is 20.4 Å². The number of hydrogen-bond acceptors (Lipinski definition) is 3. The van der Waals surface area contributed by atoms with Crippen molar-refractivity contribution in [2.24, 2.45) is 5.41 Å². The molecule has 0 unspecified atom stereocenters. The van der Waals surface area contributed by atoms with E-state index in [1.807, 2.05) is 30.3 Å². The van der Waals surface area contributed by atoms with E-state index in [4.69, 9.17) is 9.47 Å². The first-order chi connectivity index (χ1) is 15.8. The van der Waals surface area contributed by atoms with Crippen molar-refractivity contribution < 1.29 is 14.3 Å². The second kappa shape index (κ2) is 10.9. The highest BCUT2D eigenvalue weighted by atomic mass is 32.2. The molecule has 0 N–H and O–H groups in total. The zero-order chi connectivity index (χ0) is 23.9. The largest absolute Gasteiger partial charge is 0.482 e. The van der Waals surface area contributed by atoms with Gasteiger partial charge in [-0.15, -0.1) is 0 Å². The van der Waals surface area contributed by atoms with E-state index in [9.17, 15) is 4.79 Å². The quantitative estimate of drug-likeness (QED) is 0.246. The number of carbonyl (C=O) groups is 1. The molecular weight excluding hydrogens is 428 g/mol. The minimum Gasteiger partial charge on any atom is -0.482 e. The molecule has 0 radical (unpaired) electrons. The van der Waals surface area contributed by atoms with Crippen LogP contribution in [0.25, 0.3) is 0 Å². The molecule has 3 nitrogen and oxygen atoms in total. The molecule has 174 valence electrons. The second-order valence-electron chi connectivity index (χ2n) is 9.12. The van der Waals surface area contributed by atoms with Crippen molar-refractivity contribution >= 4 is 16.9 Å². The van der Waals surface area contributed by atoms with E-state index in [1.54, 1.807) is 0 Å². The first kappa shape index (κ1) is 24.9. The number of esters is 1. The van der Waals surface area contributed by atoms with E-state index in [0.29, 0.717) is 5.75 Å². The highest BCUT2D eigenvalue weighted by Crippen LogP contribution is 2.39. The maximum atomic E-state index is 12.7. The van der Waals surface area contributed by atoms with Crippen LogP contribution in [0.1, 0.15) is 47.5 Å². The first-order valence-corrected chi connectivity index (χ1v) is 12.8. The van der Waals surface area contributed by atoms with Gasteiger partial charge in [-0.3, -0.25) is 0 Å². The maximum absolute atomic E-state index is 12.7. The highest BCUT2D eigenvalue weighted by molar-refractivity contribution is 7.97. The maximum Gasteiger partial charge on any atom is 0.344 e. The van der Waals surface area contributed by atoms with Crippen LogP contribution in [0.4, 0.5) is 0 Å². The average molecular weight is 464 g/mol. The third-order valence-corrected chi connectivity index (χ3v) is 8.39. The molecule has 0 aliphatic rings. The Kier molecular flexibility index (Phi) is 8.25. The lowest BCUT2D eigenvalue weighted by Gasteiger charge is -2.43. The van der Waals surface area contributed by atoms with Gasteiger partial charge in [-0.25, -0.2) is 4.79 Å². The van der Waals surface area contributed by atoms with Gasteiger partial charge >= 0.3 is 5.97 Å². The summed E-state index contributed by atoms with van der Waals surface area (Å²) in [7, 11) is -0.266. The summed E-state index contributed by atoms with van der Waals surface area (Å²) in [6, 6.07) is 29.0. The molecule has 3 rings (SSSR count). The van der Waals surface area contributed by atoms with Crippen LogP contribution in [0.2, 0.25) is 0 Å². The fourth-order valence-electron chi connectivity index (χ4n) is 4.21. The Morgan fingerprint density at radius 3 is 1.76 bits per heavy atom. The lowest BCUT2D eigenvalue weighted by molar-refractivity contribution is -0.177. The predicted octanol–water partition coefficient (Wildman–Crippen LogP) is 7.31. The Labute approximate surface area is 201 Å². The molecule has 0 heterocycles. The number of hydrogen-bond donors (Lipinski definition) is 0. The molecule has 0 spiro atoms. The summed E-state index contributed by atoms with van der Waals surface area (Å²) < 4.78 is 11.9. The van der Waals surface area contributed by atoms with Crippen LogP contribution >= 0.6 is 0 Å². The van der Waals surface area contributed by atoms with Gasteiger partial charge < -0.3 is 9.47 Å². The summed E-state index contributed by atoms with van der Waals surface area (Å²) in [5, 5.41) is 0. The van der Waals surface area contributed by atoms with E-state index >= 15 is 0 Å². The van der Waals surface area contributed by atoms with Gasteiger partial charge in [0.25, 0.3) is 0 Å². The van der Waals surface area contributed by atoms with Crippen molar-refractivity contribution in [2.75, 3.05) is 6.61 Å². The summed E-state index contributed by atoms with van der Waals surface area (Å²) in [6.07, 6.45) is 1.54. The molecule has 0 saturated heterocycles. The Bertz CT molecular complexity index is 982. The lowest BCUT2D eigenvalue weighted by Crippen LogP contribution is -2.46. The van der Waals surface area contributed by atoms with Gasteiger partial charge in [-0.05, 0) is 49.2 Å². The fraction of sp³-hybridized carbons (Fsp3) is 0.345. The fourth-order valence-corrected chi connectivity index (χ4v) is 6.33. The highest BCUT2D eigenvalue weighted by Gasteiger charge is 2.42. The van der Waals surface area contributed by atoms with E-state index in [1.165, 1.54) is 9.79 Å². The van der Waals surface area contributed by atoms with E-state index in [-0.39, 0.29) is 28.9 Å². The van der Waals surface area contributed by atoms with Crippen molar-refractivity contribution in [3.8, 4) is 5.75 Å². The third kappa shape index (κ3) is 6.00. The zero-order valence-corrected chi connectivity index (χ0v) is 21.2. The molecule has 3 aromatic rings. The topological polar surface area (TPSA) is 35.5 Å². The number of rotatable bonds is 9.